The van der Waals surface area contributed by atoms with Crippen molar-refractivity contribution in [1.29, 1.82) is 0 Å². The van der Waals surface area contributed by atoms with Crippen LogP contribution >= 0.6 is 15.9 Å². The van der Waals surface area contributed by atoms with Gasteiger partial charge in [-0.25, -0.2) is 4.98 Å². The lowest BCUT2D eigenvalue weighted by Gasteiger charge is -2.36. The van der Waals surface area contributed by atoms with Crippen LogP contribution in [-0.4, -0.2) is 49.9 Å². The molecule has 150 valence electrons. The first kappa shape index (κ1) is 20.8. The molecule has 0 unspecified atom stereocenters. The van der Waals surface area contributed by atoms with Crippen LogP contribution in [0.2, 0.25) is 25.7 Å². The molecule has 1 atom stereocenters. The molecule has 0 spiro atoms. The number of fused-ring (bicyclic) bond motifs is 1. The maximum Gasteiger partial charge on any atom is 0.143 e. The zero-order valence-corrected chi connectivity index (χ0v) is 19.7. The Bertz CT molecular complexity index is 752. The normalized spacial score (nSPS) is 18.2. The summed E-state index contributed by atoms with van der Waals surface area (Å²) in [6.07, 6.45) is 6.51. The lowest BCUT2D eigenvalue weighted by atomic mass is 10.0. The molecule has 0 saturated carbocycles. The highest BCUT2D eigenvalue weighted by Crippen LogP contribution is 2.36. The van der Waals surface area contributed by atoms with Gasteiger partial charge in [0.25, 0.3) is 0 Å². The van der Waals surface area contributed by atoms with Crippen LogP contribution in [0.5, 0.6) is 0 Å². The van der Waals surface area contributed by atoms with E-state index in [1.165, 1.54) is 30.0 Å². The second-order valence-corrected chi connectivity index (χ2v) is 15.1. The Morgan fingerprint density at radius 1 is 1.41 bits per heavy atom. The van der Waals surface area contributed by atoms with Crippen molar-refractivity contribution in [2.24, 2.45) is 0 Å². The molecule has 7 heteroatoms. The average molecular weight is 454 g/mol. The van der Waals surface area contributed by atoms with E-state index in [0.29, 0.717) is 12.8 Å². The van der Waals surface area contributed by atoms with Crippen LogP contribution in [0.3, 0.4) is 0 Å². The fourth-order valence-electron chi connectivity index (χ4n) is 3.74. The summed E-state index contributed by atoms with van der Waals surface area (Å²) >= 11 is 3.76. The van der Waals surface area contributed by atoms with E-state index in [1.807, 2.05) is 6.20 Å². The van der Waals surface area contributed by atoms with Crippen LogP contribution in [0.4, 0.5) is 5.69 Å². The summed E-state index contributed by atoms with van der Waals surface area (Å²) in [6, 6.07) is 3.90. The van der Waals surface area contributed by atoms with Gasteiger partial charge < -0.3 is 19.5 Å². The van der Waals surface area contributed by atoms with Crippen LogP contribution in [0.25, 0.3) is 11.0 Å². The molecular weight excluding hydrogens is 420 g/mol. The summed E-state index contributed by atoms with van der Waals surface area (Å²) in [4.78, 5) is 7.22. The second-order valence-electron chi connectivity index (χ2n) is 8.61. The molecule has 3 heterocycles. The Labute approximate surface area is 172 Å². The van der Waals surface area contributed by atoms with Gasteiger partial charge in [0.2, 0.25) is 0 Å². The molecule has 0 radical (unpaired) electrons. The number of likely N-dealkylation sites (N-methyl/N-ethyl adjacent to an activating group) is 1. The van der Waals surface area contributed by atoms with Crippen molar-refractivity contribution in [3.05, 3.63) is 22.9 Å². The van der Waals surface area contributed by atoms with Gasteiger partial charge in [0.05, 0.1) is 10.2 Å². The molecule has 1 aliphatic rings. The number of pyridine rings is 1. The summed E-state index contributed by atoms with van der Waals surface area (Å²) in [5, 5.41) is 4.74. The Hall–Kier alpha value is -0.893. The number of hydrogen-bond donors (Lipinski definition) is 1. The van der Waals surface area contributed by atoms with Gasteiger partial charge in [-0.3, -0.25) is 0 Å². The lowest BCUT2D eigenvalue weighted by molar-refractivity contribution is 0.0899. The van der Waals surface area contributed by atoms with Gasteiger partial charge in [-0.05, 0) is 54.4 Å². The first-order valence-corrected chi connectivity index (χ1v) is 14.6. The highest BCUT2D eigenvalue weighted by Gasteiger charge is 2.24. The van der Waals surface area contributed by atoms with E-state index < -0.39 is 8.07 Å². The molecule has 0 aromatic carbocycles. The second kappa shape index (κ2) is 9.07. The molecule has 1 saturated heterocycles. The Balaban J connectivity index is 1.81. The summed E-state index contributed by atoms with van der Waals surface area (Å²) in [6.45, 7) is 13.9. The molecule has 27 heavy (non-hydrogen) atoms. The SMILES string of the molecule is CCN(c1c(Br)cnc2c1ccn2COCC[Si](C)(C)C)[C@@H]1CCCNC1. The summed E-state index contributed by atoms with van der Waals surface area (Å²) in [7, 11) is -1.06. The average Bonchev–Trinajstić information content (AvgIpc) is 3.04. The molecule has 2 aromatic rings. The van der Waals surface area contributed by atoms with Crippen molar-refractivity contribution in [3.63, 3.8) is 0 Å². The van der Waals surface area contributed by atoms with Crippen molar-refractivity contribution in [2.45, 2.75) is 58.2 Å². The van der Waals surface area contributed by atoms with Crippen molar-refractivity contribution >= 4 is 40.7 Å². The van der Waals surface area contributed by atoms with E-state index >= 15 is 0 Å². The van der Waals surface area contributed by atoms with E-state index in [9.17, 15) is 0 Å². The minimum Gasteiger partial charge on any atom is -0.366 e. The van der Waals surface area contributed by atoms with Gasteiger partial charge >= 0.3 is 0 Å². The standard InChI is InChI=1S/C20H33BrN4OSi/c1-5-25(16-7-6-9-22-13-16)19-17-8-10-24(20(17)23-14-18(19)21)15-26-11-12-27(2,3)4/h8,10,14,16,22H,5-7,9,11-13,15H2,1-4H3/t16-/m1/s1. The third kappa shape index (κ3) is 5.13. The largest absolute Gasteiger partial charge is 0.366 e. The van der Waals surface area contributed by atoms with Gasteiger partial charge in [-0.1, -0.05) is 19.6 Å². The van der Waals surface area contributed by atoms with Gasteiger partial charge in [-0.15, -0.1) is 0 Å². The fraction of sp³-hybridized carbons (Fsp3) is 0.650. The van der Waals surface area contributed by atoms with Gasteiger partial charge in [0, 0.05) is 51.6 Å². The zero-order valence-electron chi connectivity index (χ0n) is 17.1. The molecule has 2 aromatic heterocycles. The number of rotatable bonds is 8. The van der Waals surface area contributed by atoms with E-state index in [0.717, 1.165) is 36.4 Å². The monoisotopic (exact) mass is 452 g/mol. The number of hydrogen-bond acceptors (Lipinski definition) is 4. The van der Waals surface area contributed by atoms with Crippen LogP contribution in [-0.2, 0) is 11.5 Å². The summed E-state index contributed by atoms with van der Waals surface area (Å²) in [5.41, 5.74) is 2.26. The molecule has 3 rings (SSSR count). The molecular formula is C20H33BrN4OSi. The van der Waals surface area contributed by atoms with Gasteiger partial charge in [0.1, 0.15) is 12.4 Å². The van der Waals surface area contributed by atoms with Crippen molar-refractivity contribution < 1.29 is 4.74 Å². The lowest BCUT2D eigenvalue weighted by Crippen LogP contribution is -2.46. The van der Waals surface area contributed by atoms with Crippen LogP contribution in [0.15, 0.2) is 22.9 Å². The summed E-state index contributed by atoms with van der Waals surface area (Å²) in [5.74, 6) is 0. The minimum atomic E-state index is -1.06. The Kier molecular flexibility index (Phi) is 7.00. The number of ether oxygens (including phenoxy) is 1. The van der Waals surface area contributed by atoms with E-state index in [2.05, 4.69) is 69.5 Å². The first-order chi connectivity index (χ1) is 12.9. The highest BCUT2D eigenvalue weighted by atomic mass is 79.9. The number of nitrogens with zero attached hydrogens (tertiary/aromatic N) is 3. The Morgan fingerprint density at radius 2 is 2.22 bits per heavy atom. The predicted molar refractivity (Wildman–Crippen MR) is 120 cm³/mol. The minimum absolute atomic E-state index is 0.530. The molecule has 0 aliphatic carbocycles. The van der Waals surface area contributed by atoms with Crippen molar-refractivity contribution in [1.82, 2.24) is 14.9 Å². The molecule has 0 bridgehead atoms. The van der Waals surface area contributed by atoms with Gasteiger partial charge in [0.15, 0.2) is 0 Å². The molecule has 0 amide bonds. The first-order valence-electron chi connectivity index (χ1n) is 10.1. The van der Waals surface area contributed by atoms with Crippen LogP contribution < -0.4 is 10.2 Å². The maximum atomic E-state index is 5.96. The number of anilines is 1. The zero-order chi connectivity index (χ0) is 19.4. The topological polar surface area (TPSA) is 42.3 Å². The molecule has 5 nitrogen and oxygen atoms in total. The van der Waals surface area contributed by atoms with Crippen molar-refractivity contribution in [2.75, 3.05) is 31.1 Å². The molecule has 1 aliphatic heterocycles. The van der Waals surface area contributed by atoms with Crippen LogP contribution in [0, 0.1) is 0 Å². The van der Waals surface area contributed by atoms with E-state index in [4.69, 9.17) is 9.72 Å². The highest BCUT2D eigenvalue weighted by molar-refractivity contribution is 9.10. The number of halogens is 1. The fourth-order valence-corrected chi connectivity index (χ4v) is 5.04. The Morgan fingerprint density at radius 3 is 2.89 bits per heavy atom. The quantitative estimate of drug-likeness (QED) is 0.465. The van der Waals surface area contributed by atoms with Crippen molar-refractivity contribution in [3.8, 4) is 0 Å². The number of piperidine rings is 1. The summed E-state index contributed by atoms with van der Waals surface area (Å²) < 4.78 is 9.15. The predicted octanol–water partition coefficient (Wildman–Crippen LogP) is 4.69. The number of aromatic nitrogens is 2. The smallest absolute Gasteiger partial charge is 0.143 e. The van der Waals surface area contributed by atoms with Crippen LogP contribution in [0.1, 0.15) is 19.8 Å². The van der Waals surface area contributed by atoms with E-state index in [1.54, 1.807) is 0 Å². The van der Waals surface area contributed by atoms with E-state index in [-0.39, 0.29) is 0 Å². The maximum absolute atomic E-state index is 5.96. The third-order valence-corrected chi connectivity index (χ3v) is 7.57. The number of nitrogens with one attached hydrogen (secondary N) is 1. The molecule has 1 N–H and O–H groups in total. The molecule has 1 fully saturated rings. The third-order valence-electron chi connectivity index (χ3n) is 5.28. The van der Waals surface area contributed by atoms with Gasteiger partial charge in [-0.2, -0.15) is 0 Å².